The third kappa shape index (κ3) is 3.63. The molecule has 2 atom stereocenters. The van der Waals surface area contributed by atoms with Crippen molar-refractivity contribution in [3.63, 3.8) is 0 Å². The van der Waals surface area contributed by atoms with E-state index in [1.54, 1.807) is 0 Å². The van der Waals surface area contributed by atoms with Crippen molar-refractivity contribution in [2.24, 2.45) is 5.92 Å². The summed E-state index contributed by atoms with van der Waals surface area (Å²) < 4.78 is 37.1. The van der Waals surface area contributed by atoms with Crippen molar-refractivity contribution in [3.05, 3.63) is 0 Å². The van der Waals surface area contributed by atoms with Gasteiger partial charge in [0.05, 0.1) is 0 Å². The molecule has 0 saturated carbocycles. The Kier molecular flexibility index (Phi) is 4.47. The molecule has 15 heavy (non-hydrogen) atoms. The van der Waals surface area contributed by atoms with Gasteiger partial charge in [-0.05, 0) is 25.3 Å². The first kappa shape index (κ1) is 13.3. The molecule has 5 heteroatoms. The molecule has 0 aromatic carbocycles. The van der Waals surface area contributed by atoms with Crippen LogP contribution in [0.4, 0.5) is 13.2 Å². The van der Waals surface area contributed by atoms with Gasteiger partial charge in [0.2, 0.25) is 0 Å². The molecule has 0 radical (unpaired) electrons. The third-order valence-corrected chi connectivity index (χ3v) is 3.74. The highest BCUT2D eigenvalue weighted by molar-refractivity contribution is 9.09. The molecular weight excluding hydrogens is 271 g/mol. The Morgan fingerprint density at radius 1 is 1.40 bits per heavy atom. The molecule has 2 unspecified atom stereocenters. The fourth-order valence-electron chi connectivity index (χ4n) is 2.14. The van der Waals surface area contributed by atoms with Crippen molar-refractivity contribution in [1.29, 1.82) is 0 Å². The summed E-state index contributed by atoms with van der Waals surface area (Å²) in [4.78, 5) is 0.557. The predicted molar refractivity (Wildman–Crippen MR) is 58.2 cm³/mol. The summed E-state index contributed by atoms with van der Waals surface area (Å²) in [5.74, 6) is 0.431. The van der Waals surface area contributed by atoms with E-state index in [-0.39, 0.29) is 6.54 Å². The van der Waals surface area contributed by atoms with Crippen LogP contribution < -0.4 is 0 Å². The quantitative estimate of drug-likeness (QED) is 0.719. The second kappa shape index (κ2) is 5.04. The van der Waals surface area contributed by atoms with E-state index >= 15 is 0 Å². The number of alkyl halides is 4. The van der Waals surface area contributed by atoms with Gasteiger partial charge in [-0.2, -0.15) is 13.2 Å². The van der Waals surface area contributed by atoms with E-state index in [1.165, 1.54) is 0 Å². The zero-order valence-electron chi connectivity index (χ0n) is 9.02. The Labute approximate surface area is 97.1 Å². The molecule has 1 nitrogen and oxygen atoms in total. The molecule has 0 bridgehead atoms. The Hall–Kier alpha value is 0.230. The Bertz CT molecular complexity index is 205. The van der Waals surface area contributed by atoms with Crippen LogP contribution in [0.15, 0.2) is 0 Å². The predicted octanol–water partition coefficient (Wildman–Crippen LogP) is 3.43. The lowest BCUT2D eigenvalue weighted by Gasteiger charge is -2.29. The van der Waals surface area contributed by atoms with Gasteiger partial charge < -0.3 is 0 Å². The summed E-state index contributed by atoms with van der Waals surface area (Å²) in [7, 11) is 0. The van der Waals surface area contributed by atoms with Gasteiger partial charge in [-0.1, -0.05) is 29.8 Å². The Balaban J connectivity index is 2.50. The largest absolute Gasteiger partial charge is 0.402 e. The van der Waals surface area contributed by atoms with Crippen molar-refractivity contribution >= 4 is 15.9 Å². The Morgan fingerprint density at radius 3 is 2.47 bits per heavy atom. The first-order valence-corrected chi connectivity index (χ1v) is 6.18. The second-order valence-electron chi connectivity index (χ2n) is 4.46. The lowest BCUT2D eigenvalue weighted by atomic mass is 10.0. The minimum absolute atomic E-state index is 0.0757. The molecule has 1 heterocycles. The highest BCUT2D eigenvalue weighted by atomic mass is 79.9. The van der Waals surface area contributed by atoms with Crippen molar-refractivity contribution in [2.45, 2.75) is 43.7 Å². The van der Waals surface area contributed by atoms with Crippen LogP contribution in [0.3, 0.4) is 0 Å². The average molecular weight is 288 g/mol. The van der Waals surface area contributed by atoms with Crippen LogP contribution in [0.5, 0.6) is 0 Å². The van der Waals surface area contributed by atoms with E-state index in [2.05, 4.69) is 29.8 Å². The third-order valence-electron chi connectivity index (χ3n) is 2.93. The first-order chi connectivity index (χ1) is 6.82. The van der Waals surface area contributed by atoms with Crippen molar-refractivity contribution in [1.82, 2.24) is 4.90 Å². The van der Waals surface area contributed by atoms with Crippen LogP contribution in [-0.2, 0) is 0 Å². The average Bonchev–Trinajstić information content (AvgIpc) is 2.50. The van der Waals surface area contributed by atoms with Gasteiger partial charge >= 0.3 is 6.18 Å². The van der Waals surface area contributed by atoms with Crippen LogP contribution >= 0.6 is 15.9 Å². The molecule has 1 saturated heterocycles. The van der Waals surface area contributed by atoms with Crippen LogP contribution in [0.1, 0.15) is 26.7 Å². The first-order valence-electron chi connectivity index (χ1n) is 5.27. The fraction of sp³-hybridized carbons (Fsp3) is 1.00. The van der Waals surface area contributed by atoms with E-state index in [1.807, 2.05) is 4.90 Å². The van der Waals surface area contributed by atoms with Crippen LogP contribution in [0.25, 0.3) is 0 Å². The van der Waals surface area contributed by atoms with Crippen molar-refractivity contribution in [3.8, 4) is 0 Å². The lowest BCUT2D eigenvalue weighted by molar-refractivity contribution is -0.131. The van der Waals surface area contributed by atoms with Gasteiger partial charge in [0.15, 0.2) is 0 Å². The van der Waals surface area contributed by atoms with Gasteiger partial charge in [-0.15, -0.1) is 0 Å². The normalized spacial score (nSPS) is 26.2. The molecule has 0 aromatic heterocycles. The van der Waals surface area contributed by atoms with Crippen molar-refractivity contribution < 1.29 is 13.2 Å². The molecule has 1 fully saturated rings. The molecule has 0 N–H and O–H groups in total. The fourth-order valence-corrected chi connectivity index (χ4v) is 2.51. The highest BCUT2D eigenvalue weighted by Gasteiger charge is 2.40. The lowest BCUT2D eigenvalue weighted by Crippen LogP contribution is -2.41. The number of hydrogen-bond donors (Lipinski definition) is 0. The van der Waals surface area contributed by atoms with Crippen LogP contribution in [0.2, 0.25) is 0 Å². The van der Waals surface area contributed by atoms with Crippen LogP contribution in [-0.4, -0.2) is 35.0 Å². The highest BCUT2D eigenvalue weighted by Crippen LogP contribution is 2.31. The number of likely N-dealkylation sites (tertiary alicyclic amines) is 1. The van der Waals surface area contributed by atoms with E-state index in [9.17, 15) is 13.2 Å². The molecule has 90 valence electrons. The molecule has 0 aromatic rings. The molecular formula is C10H17BrF3N. The van der Waals surface area contributed by atoms with Gasteiger partial charge in [-0.3, -0.25) is 4.90 Å². The summed E-state index contributed by atoms with van der Waals surface area (Å²) in [5, 5.41) is 0. The number of hydrogen-bond acceptors (Lipinski definition) is 1. The standard InChI is InChI=1S/C10H17BrF3N/c1-7(2)8-4-3-5-15(8)6-9(11)10(12,13)14/h7-9H,3-6H2,1-2H3. The Morgan fingerprint density at radius 2 is 2.00 bits per heavy atom. The maximum atomic E-state index is 12.4. The minimum Gasteiger partial charge on any atom is -0.299 e. The van der Waals surface area contributed by atoms with E-state index in [0.717, 1.165) is 19.4 Å². The molecule has 1 aliphatic rings. The van der Waals surface area contributed by atoms with E-state index in [4.69, 9.17) is 0 Å². The molecule has 0 aliphatic carbocycles. The summed E-state index contributed by atoms with van der Waals surface area (Å²) >= 11 is 2.72. The maximum absolute atomic E-state index is 12.4. The monoisotopic (exact) mass is 287 g/mol. The van der Waals surface area contributed by atoms with Crippen LogP contribution in [0, 0.1) is 5.92 Å². The SMILES string of the molecule is CC(C)C1CCCN1CC(Br)C(F)(F)F. The summed E-state index contributed by atoms with van der Waals surface area (Å²) in [6.45, 7) is 5.01. The zero-order chi connectivity index (χ0) is 11.6. The summed E-state index contributed by atoms with van der Waals surface area (Å²) in [6, 6.07) is 0.312. The zero-order valence-corrected chi connectivity index (χ0v) is 10.6. The minimum atomic E-state index is -4.13. The van der Waals surface area contributed by atoms with Crippen molar-refractivity contribution in [2.75, 3.05) is 13.1 Å². The van der Waals surface area contributed by atoms with Gasteiger partial charge in [0, 0.05) is 12.6 Å². The molecule has 1 rings (SSSR count). The van der Waals surface area contributed by atoms with Gasteiger partial charge in [-0.25, -0.2) is 0 Å². The number of nitrogens with zero attached hydrogens (tertiary/aromatic N) is 1. The van der Waals surface area contributed by atoms with E-state index in [0.29, 0.717) is 12.0 Å². The summed E-state index contributed by atoms with van der Waals surface area (Å²) in [6.07, 6.45) is -2.10. The molecule has 0 spiro atoms. The molecule has 0 amide bonds. The topological polar surface area (TPSA) is 3.24 Å². The second-order valence-corrected chi connectivity index (χ2v) is 5.56. The maximum Gasteiger partial charge on any atom is 0.402 e. The van der Waals surface area contributed by atoms with Gasteiger partial charge in [0.1, 0.15) is 4.83 Å². The molecule has 1 aliphatic heterocycles. The number of rotatable bonds is 3. The summed E-state index contributed by atoms with van der Waals surface area (Å²) in [5.41, 5.74) is 0. The van der Waals surface area contributed by atoms with Gasteiger partial charge in [0.25, 0.3) is 0 Å². The van der Waals surface area contributed by atoms with E-state index < -0.39 is 11.0 Å². The number of halogens is 4. The smallest absolute Gasteiger partial charge is 0.299 e.